The average Bonchev–Trinajstić information content (AvgIpc) is 2.45. The summed E-state index contributed by atoms with van der Waals surface area (Å²) in [6, 6.07) is 8.58. The minimum Gasteiger partial charge on any atom is -0.743 e. The van der Waals surface area contributed by atoms with Gasteiger partial charge in [0.05, 0.1) is 0 Å². The van der Waals surface area contributed by atoms with Gasteiger partial charge in [-0.05, 0) is 17.5 Å². The Kier molecular flexibility index (Phi) is 3.74. The molecule has 6 heteroatoms. The van der Waals surface area contributed by atoms with E-state index in [4.69, 9.17) is 0 Å². The predicted octanol–water partition coefficient (Wildman–Crippen LogP) is -1.19. The number of hydrogen-bond acceptors (Lipinski definition) is 4. The topological polar surface area (TPSA) is 57.2 Å². The molecule has 0 amide bonds. The fourth-order valence-corrected chi connectivity index (χ4v) is 2.82. The van der Waals surface area contributed by atoms with Gasteiger partial charge >= 0.3 is 29.6 Å². The van der Waals surface area contributed by atoms with Gasteiger partial charge in [0.2, 0.25) is 0 Å². The van der Waals surface area contributed by atoms with Crippen LogP contribution in [0.4, 0.5) is 0 Å². The standard InChI is InChI=1S/C8H6O3S2.Na/c9-13(10,11)8-5-6-3-1-2-4-7(6)12-8;/h1-5H,(H,9,10,11);/q;+1/p-1. The summed E-state index contributed by atoms with van der Waals surface area (Å²) in [5.41, 5.74) is 0. The molecule has 0 saturated carbocycles. The zero-order chi connectivity index (χ0) is 9.47. The van der Waals surface area contributed by atoms with E-state index in [0.29, 0.717) is 0 Å². The number of hydrogen-bond donors (Lipinski definition) is 0. The van der Waals surface area contributed by atoms with Crippen molar-refractivity contribution in [2.75, 3.05) is 0 Å². The number of benzene rings is 1. The smallest absolute Gasteiger partial charge is 0.743 e. The van der Waals surface area contributed by atoms with E-state index in [-0.39, 0.29) is 33.8 Å². The maximum Gasteiger partial charge on any atom is 1.00 e. The summed E-state index contributed by atoms with van der Waals surface area (Å²) in [6.45, 7) is 0. The molecule has 0 aliphatic rings. The maximum atomic E-state index is 10.7. The zero-order valence-corrected chi connectivity index (χ0v) is 11.1. The van der Waals surface area contributed by atoms with Crippen molar-refractivity contribution in [3.8, 4) is 0 Å². The van der Waals surface area contributed by atoms with E-state index in [1.807, 2.05) is 0 Å². The van der Waals surface area contributed by atoms with Gasteiger partial charge in [0.25, 0.3) is 0 Å². The minimum absolute atomic E-state index is 0. The van der Waals surface area contributed by atoms with Gasteiger partial charge < -0.3 is 4.55 Å². The third-order valence-electron chi connectivity index (χ3n) is 1.65. The van der Waals surface area contributed by atoms with Crippen molar-refractivity contribution in [2.45, 2.75) is 4.21 Å². The second-order valence-corrected chi connectivity index (χ2v) is 5.25. The molecule has 3 nitrogen and oxygen atoms in total. The largest absolute Gasteiger partial charge is 1.00 e. The molecule has 1 heterocycles. The van der Waals surface area contributed by atoms with Gasteiger partial charge in [0, 0.05) is 4.70 Å². The minimum atomic E-state index is -4.30. The Morgan fingerprint density at radius 2 is 1.86 bits per heavy atom. The fourth-order valence-electron chi connectivity index (χ4n) is 1.08. The molecule has 0 spiro atoms. The van der Waals surface area contributed by atoms with Gasteiger partial charge in [-0.3, -0.25) is 0 Å². The van der Waals surface area contributed by atoms with Crippen LogP contribution in [0.15, 0.2) is 34.5 Å². The predicted molar refractivity (Wildman–Crippen MR) is 49.8 cm³/mol. The van der Waals surface area contributed by atoms with Crippen molar-refractivity contribution in [1.29, 1.82) is 0 Å². The zero-order valence-electron chi connectivity index (χ0n) is 7.43. The molecule has 0 radical (unpaired) electrons. The Balaban J connectivity index is 0.000000980. The van der Waals surface area contributed by atoms with Crippen molar-refractivity contribution in [1.82, 2.24) is 0 Å². The molecule has 0 aliphatic carbocycles. The summed E-state index contributed by atoms with van der Waals surface area (Å²) >= 11 is 1.00. The van der Waals surface area contributed by atoms with Crippen LogP contribution in [0, 0.1) is 0 Å². The Labute approximate surface area is 108 Å². The molecule has 0 saturated heterocycles. The molecule has 14 heavy (non-hydrogen) atoms. The molecule has 0 atom stereocenters. The van der Waals surface area contributed by atoms with Crippen molar-refractivity contribution in [2.24, 2.45) is 0 Å². The van der Waals surface area contributed by atoms with E-state index < -0.39 is 10.1 Å². The molecule has 2 aromatic rings. The first kappa shape index (κ1) is 12.2. The van der Waals surface area contributed by atoms with Crippen LogP contribution in [0.25, 0.3) is 10.1 Å². The summed E-state index contributed by atoms with van der Waals surface area (Å²) in [7, 11) is -4.30. The van der Waals surface area contributed by atoms with E-state index in [1.54, 1.807) is 24.3 Å². The first-order chi connectivity index (χ1) is 6.07. The third kappa shape index (κ3) is 2.36. The average molecular weight is 236 g/mol. The molecule has 0 bridgehead atoms. The Morgan fingerprint density at radius 3 is 2.43 bits per heavy atom. The van der Waals surface area contributed by atoms with Crippen LogP contribution in [-0.4, -0.2) is 13.0 Å². The summed E-state index contributed by atoms with van der Waals surface area (Å²) in [5, 5.41) is 0.793. The SMILES string of the molecule is O=S(=O)([O-])c1cc2ccccc2s1.[Na+]. The van der Waals surface area contributed by atoms with Crippen LogP contribution in [-0.2, 0) is 10.1 Å². The van der Waals surface area contributed by atoms with Crippen molar-refractivity contribution in [3.63, 3.8) is 0 Å². The molecule has 1 aromatic heterocycles. The molecular weight excluding hydrogens is 231 g/mol. The van der Waals surface area contributed by atoms with Crippen molar-refractivity contribution in [3.05, 3.63) is 30.3 Å². The number of fused-ring (bicyclic) bond motifs is 1. The van der Waals surface area contributed by atoms with E-state index in [0.717, 1.165) is 21.4 Å². The first-order valence-electron chi connectivity index (χ1n) is 3.52. The monoisotopic (exact) mass is 236 g/mol. The molecule has 1 aromatic carbocycles. The van der Waals surface area contributed by atoms with Gasteiger partial charge in [0.15, 0.2) is 0 Å². The van der Waals surface area contributed by atoms with Crippen molar-refractivity contribution < 1.29 is 42.5 Å². The molecule has 2 rings (SSSR count). The third-order valence-corrected chi connectivity index (χ3v) is 4.03. The van der Waals surface area contributed by atoms with Gasteiger partial charge in [0.1, 0.15) is 14.3 Å². The molecule has 0 aliphatic heterocycles. The quantitative estimate of drug-likeness (QED) is 0.462. The normalized spacial score (nSPS) is 11.2. The van der Waals surface area contributed by atoms with Crippen LogP contribution in [0.2, 0.25) is 0 Å². The summed E-state index contributed by atoms with van der Waals surface area (Å²) in [4.78, 5) is 0. The molecule has 0 unspecified atom stereocenters. The van der Waals surface area contributed by atoms with Gasteiger partial charge in [-0.1, -0.05) is 18.2 Å². The van der Waals surface area contributed by atoms with E-state index in [9.17, 15) is 13.0 Å². The second-order valence-electron chi connectivity index (χ2n) is 2.56. The number of rotatable bonds is 1. The Bertz CT molecular complexity index is 511. The Hall–Kier alpha value is 0.0900. The summed E-state index contributed by atoms with van der Waals surface area (Å²) in [6.07, 6.45) is 0. The maximum absolute atomic E-state index is 10.7. The van der Waals surface area contributed by atoms with E-state index in [1.165, 1.54) is 6.07 Å². The van der Waals surface area contributed by atoms with Gasteiger partial charge in [-0.2, -0.15) is 0 Å². The van der Waals surface area contributed by atoms with Crippen molar-refractivity contribution >= 4 is 31.5 Å². The van der Waals surface area contributed by atoms with Gasteiger partial charge in [-0.25, -0.2) is 8.42 Å². The molecular formula is C8H5NaO3S2. The van der Waals surface area contributed by atoms with Crippen LogP contribution in [0.5, 0.6) is 0 Å². The Morgan fingerprint density at radius 1 is 1.21 bits per heavy atom. The summed E-state index contributed by atoms with van der Waals surface area (Å²) < 4.78 is 32.7. The van der Waals surface area contributed by atoms with E-state index >= 15 is 0 Å². The number of thiophene rings is 1. The van der Waals surface area contributed by atoms with Crippen LogP contribution < -0.4 is 29.6 Å². The van der Waals surface area contributed by atoms with Crippen LogP contribution >= 0.6 is 11.3 Å². The summed E-state index contributed by atoms with van der Waals surface area (Å²) in [5.74, 6) is 0. The van der Waals surface area contributed by atoms with E-state index in [2.05, 4.69) is 0 Å². The molecule has 68 valence electrons. The second kappa shape index (κ2) is 4.30. The van der Waals surface area contributed by atoms with Gasteiger partial charge in [-0.15, -0.1) is 11.3 Å². The fraction of sp³-hybridized carbons (Fsp3) is 0. The molecule has 0 fully saturated rings. The van der Waals surface area contributed by atoms with Crippen LogP contribution in [0.1, 0.15) is 0 Å². The van der Waals surface area contributed by atoms with Crippen LogP contribution in [0.3, 0.4) is 0 Å². The molecule has 0 N–H and O–H groups in total. The first-order valence-corrected chi connectivity index (χ1v) is 5.74.